The fourth-order valence-corrected chi connectivity index (χ4v) is 2.82. The SMILES string of the molecule is CCNC(=NCC(C)(O)c1ccc(C)o1)NCC1(OC)CCOCC1.I. The first-order valence-corrected chi connectivity index (χ1v) is 8.85. The summed E-state index contributed by atoms with van der Waals surface area (Å²) >= 11 is 0. The van der Waals surface area contributed by atoms with Crippen molar-refractivity contribution in [3.05, 3.63) is 23.7 Å². The summed E-state index contributed by atoms with van der Waals surface area (Å²) < 4.78 is 16.7. The third kappa shape index (κ3) is 6.40. The lowest BCUT2D eigenvalue weighted by atomic mass is 9.94. The number of hydrogen-bond donors (Lipinski definition) is 3. The number of ether oxygens (including phenoxy) is 2. The van der Waals surface area contributed by atoms with E-state index in [4.69, 9.17) is 13.9 Å². The molecule has 1 unspecified atom stereocenters. The summed E-state index contributed by atoms with van der Waals surface area (Å²) in [5.74, 6) is 1.93. The number of nitrogens with zero attached hydrogens (tertiary/aromatic N) is 1. The molecule has 0 saturated carbocycles. The van der Waals surface area contributed by atoms with E-state index in [0.717, 1.165) is 25.1 Å². The highest BCUT2D eigenvalue weighted by atomic mass is 127. The Balaban J connectivity index is 0.00000338. The predicted molar refractivity (Wildman–Crippen MR) is 112 cm³/mol. The van der Waals surface area contributed by atoms with E-state index < -0.39 is 5.60 Å². The number of guanidine groups is 1. The Labute approximate surface area is 172 Å². The van der Waals surface area contributed by atoms with Gasteiger partial charge in [-0.05, 0) is 32.9 Å². The van der Waals surface area contributed by atoms with Gasteiger partial charge in [0.05, 0.1) is 12.1 Å². The molecule has 1 fully saturated rings. The first-order valence-electron chi connectivity index (χ1n) is 8.85. The van der Waals surface area contributed by atoms with Crippen LogP contribution < -0.4 is 10.6 Å². The van der Waals surface area contributed by atoms with Gasteiger partial charge in [-0.1, -0.05) is 0 Å². The molecule has 3 N–H and O–H groups in total. The average Bonchev–Trinajstić information content (AvgIpc) is 3.06. The number of aliphatic imine (C=N–C) groups is 1. The highest BCUT2D eigenvalue weighted by Gasteiger charge is 2.33. The van der Waals surface area contributed by atoms with E-state index in [0.29, 0.717) is 31.5 Å². The Hall–Kier alpha value is -0.840. The van der Waals surface area contributed by atoms with Crippen LogP contribution in [0.4, 0.5) is 0 Å². The minimum atomic E-state index is -1.16. The van der Waals surface area contributed by atoms with Gasteiger partial charge in [0.15, 0.2) is 5.96 Å². The van der Waals surface area contributed by atoms with Crippen LogP contribution in [0.25, 0.3) is 0 Å². The number of aryl methyl sites for hydroxylation is 1. The molecule has 0 amide bonds. The summed E-state index contributed by atoms with van der Waals surface area (Å²) in [4.78, 5) is 4.52. The highest BCUT2D eigenvalue weighted by molar-refractivity contribution is 14.0. The van der Waals surface area contributed by atoms with Gasteiger partial charge in [0.25, 0.3) is 0 Å². The van der Waals surface area contributed by atoms with Gasteiger partial charge in [0.1, 0.15) is 17.1 Å². The van der Waals surface area contributed by atoms with Crippen molar-refractivity contribution in [1.29, 1.82) is 0 Å². The number of rotatable bonds is 7. The van der Waals surface area contributed by atoms with Crippen molar-refractivity contribution in [3.8, 4) is 0 Å². The molecule has 1 aromatic rings. The molecule has 0 radical (unpaired) electrons. The third-order valence-electron chi connectivity index (χ3n) is 4.58. The van der Waals surface area contributed by atoms with Crippen molar-refractivity contribution in [3.63, 3.8) is 0 Å². The van der Waals surface area contributed by atoms with Crippen LogP contribution in [0, 0.1) is 6.92 Å². The number of aliphatic hydroxyl groups is 1. The minimum Gasteiger partial charge on any atom is -0.463 e. The number of furan rings is 1. The van der Waals surface area contributed by atoms with E-state index in [1.807, 2.05) is 19.9 Å². The molecule has 2 heterocycles. The molecule has 0 aliphatic carbocycles. The second-order valence-electron chi connectivity index (χ2n) is 6.73. The maximum atomic E-state index is 10.6. The zero-order valence-corrected chi connectivity index (χ0v) is 18.5. The zero-order valence-electron chi connectivity index (χ0n) is 16.1. The molecular formula is C18H32IN3O4. The molecule has 0 spiro atoms. The molecule has 1 aliphatic heterocycles. The van der Waals surface area contributed by atoms with Gasteiger partial charge in [-0.3, -0.25) is 0 Å². The molecule has 8 heteroatoms. The minimum absolute atomic E-state index is 0. The van der Waals surface area contributed by atoms with Crippen LogP contribution in [0.5, 0.6) is 0 Å². The van der Waals surface area contributed by atoms with Gasteiger partial charge in [-0.15, -0.1) is 24.0 Å². The topological polar surface area (TPSA) is 88.3 Å². The van der Waals surface area contributed by atoms with Crippen LogP contribution in [-0.2, 0) is 15.1 Å². The Morgan fingerprint density at radius 2 is 2.04 bits per heavy atom. The second-order valence-corrected chi connectivity index (χ2v) is 6.73. The summed E-state index contributed by atoms with van der Waals surface area (Å²) in [5, 5.41) is 17.2. The van der Waals surface area contributed by atoms with Crippen molar-refractivity contribution in [1.82, 2.24) is 10.6 Å². The van der Waals surface area contributed by atoms with Crippen molar-refractivity contribution in [2.24, 2.45) is 4.99 Å². The van der Waals surface area contributed by atoms with Gasteiger partial charge >= 0.3 is 0 Å². The van der Waals surface area contributed by atoms with Crippen LogP contribution in [0.2, 0.25) is 0 Å². The van der Waals surface area contributed by atoms with Crippen molar-refractivity contribution in [2.75, 3.05) is 40.0 Å². The highest BCUT2D eigenvalue weighted by Crippen LogP contribution is 2.24. The van der Waals surface area contributed by atoms with Gasteiger partial charge in [-0.2, -0.15) is 0 Å². The summed E-state index contributed by atoms with van der Waals surface area (Å²) in [6.45, 7) is 8.54. The van der Waals surface area contributed by atoms with Gasteiger partial charge in [0, 0.05) is 46.3 Å². The lowest BCUT2D eigenvalue weighted by Crippen LogP contribution is -2.51. The average molecular weight is 481 g/mol. The summed E-state index contributed by atoms with van der Waals surface area (Å²) in [5.41, 5.74) is -1.40. The fourth-order valence-electron chi connectivity index (χ4n) is 2.82. The largest absolute Gasteiger partial charge is 0.463 e. The molecule has 150 valence electrons. The number of halogens is 1. The van der Waals surface area contributed by atoms with E-state index in [-0.39, 0.29) is 36.1 Å². The molecule has 1 saturated heterocycles. The molecule has 0 bridgehead atoms. The van der Waals surface area contributed by atoms with E-state index >= 15 is 0 Å². The lowest BCUT2D eigenvalue weighted by molar-refractivity contribution is -0.0855. The van der Waals surface area contributed by atoms with Gasteiger partial charge < -0.3 is 29.6 Å². The summed E-state index contributed by atoms with van der Waals surface area (Å²) in [6.07, 6.45) is 1.69. The molecule has 1 aromatic heterocycles. The third-order valence-corrected chi connectivity index (χ3v) is 4.58. The first-order chi connectivity index (χ1) is 11.9. The molecule has 7 nitrogen and oxygen atoms in total. The molecular weight excluding hydrogens is 449 g/mol. The lowest BCUT2D eigenvalue weighted by Gasteiger charge is -2.36. The summed E-state index contributed by atoms with van der Waals surface area (Å²) in [7, 11) is 1.74. The summed E-state index contributed by atoms with van der Waals surface area (Å²) in [6, 6.07) is 3.62. The van der Waals surface area contributed by atoms with E-state index in [1.165, 1.54) is 0 Å². The number of methoxy groups -OCH3 is 1. The fraction of sp³-hybridized carbons (Fsp3) is 0.722. The van der Waals surface area contributed by atoms with Crippen LogP contribution in [0.1, 0.15) is 38.2 Å². The molecule has 0 aromatic carbocycles. The second kappa shape index (κ2) is 10.5. The van der Waals surface area contributed by atoms with E-state index in [1.54, 1.807) is 20.1 Å². The van der Waals surface area contributed by atoms with Crippen LogP contribution in [0.15, 0.2) is 21.5 Å². The van der Waals surface area contributed by atoms with Crippen LogP contribution in [0.3, 0.4) is 0 Å². The normalized spacial score (nSPS) is 19.3. The van der Waals surface area contributed by atoms with Crippen LogP contribution in [-0.4, -0.2) is 56.6 Å². The zero-order chi connectivity index (χ0) is 18.3. The van der Waals surface area contributed by atoms with Crippen molar-refractivity contribution in [2.45, 2.75) is 44.8 Å². The Bertz CT molecular complexity index is 569. The Morgan fingerprint density at radius 3 is 2.58 bits per heavy atom. The van der Waals surface area contributed by atoms with E-state index in [9.17, 15) is 5.11 Å². The molecule has 2 rings (SSSR count). The number of nitrogens with one attached hydrogen (secondary N) is 2. The molecule has 26 heavy (non-hydrogen) atoms. The van der Waals surface area contributed by atoms with Crippen molar-refractivity contribution >= 4 is 29.9 Å². The molecule has 1 aliphatic rings. The first kappa shape index (κ1) is 23.2. The quantitative estimate of drug-likeness (QED) is 0.315. The van der Waals surface area contributed by atoms with Gasteiger partial charge in [0.2, 0.25) is 0 Å². The smallest absolute Gasteiger partial charge is 0.191 e. The Morgan fingerprint density at radius 1 is 1.35 bits per heavy atom. The standard InChI is InChI=1S/C18H31N3O4.HI/c1-5-19-16(21-13-18(23-4)8-10-24-11-9-18)20-12-17(3,22)15-7-6-14(2)25-15;/h6-7,22H,5,8-13H2,1-4H3,(H2,19,20,21);1H. The monoisotopic (exact) mass is 481 g/mol. The van der Waals surface area contributed by atoms with E-state index in [2.05, 4.69) is 15.6 Å². The van der Waals surface area contributed by atoms with Gasteiger partial charge in [-0.25, -0.2) is 4.99 Å². The number of hydrogen-bond acceptors (Lipinski definition) is 5. The molecule has 1 atom stereocenters. The Kier molecular flexibility index (Phi) is 9.35. The maximum Gasteiger partial charge on any atom is 0.191 e. The van der Waals surface area contributed by atoms with Crippen molar-refractivity contribution < 1.29 is 19.0 Å². The predicted octanol–water partition coefficient (Wildman–Crippen LogP) is 2.16. The van der Waals surface area contributed by atoms with Crippen LogP contribution >= 0.6 is 24.0 Å². The maximum absolute atomic E-state index is 10.6.